The predicted molar refractivity (Wildman–Crippen MR) is 94.0 cm³/mol. The van der Waals surface area contributed by atoms with Crippen LogP contribution in [0.5, 0.6) is 0 Å². The minimum absolute atomic E-state index is 0.249. The topological polar surface area (TPSA) is 63.2 Å². The van der Waals surface area contributed by atoms with E-state index in [1.165, 1.54) is 12.1 Å². The van der Waals surface area contributed by atoms with Crippen LogP contribution >= 0.6 is 34.8 Å². The molecule has 0 aromatic heterocycles. The van der Waals surface area contributed by atoms with E-state index in [9.17, 15) is 13.2 Å². The van der Waals surface area contributed by atoms with Crippen LogP contribution in [0.2, 0.25) is 15.1 Å². The molecule has 4 nitrogen and oxygen atoms in total. The molecule has 0 atom stereocenters. The van der Waals surface area contributed by atoms with E-state index < -0.39 is 21.5 Å². The van der Waals surface area contributed by atoms with Crippen molar-refractivity contribution >= 4 is 56.2 Å². The number of nitrogens with one attached hydrogen (secondary N) is 1. The van der Waals surface area contributed by atoms with Crippen molar-refractivity contribution in [2.75, 3.05) is 11.1 Å². The Kier molecular flexibility index (Phi) is 5.92. The van der Waals surface area contributed by atoms with Crippen LogP contribution in [0, 0.1) is 0 Å². The van der Waals surface area contributed by atoms with Crippen LogP contribution < -0.4 is 5.32 Å². The zero-order valence-corrected chi connectivity index (χ0v) is 14.8. The molecule has 1 N–H and O–H groups in total. The summed E-state index contributed by atoms with van der Waals surface area (Å²) >= 11 is 17.5. The van der Waals surface area contributed by atoms with Gasteiger partial charge in [0.15, 0.2) is 9.84 Å². The minimum atomic E-state index is -3.62. The lowest BCUT2D eigenvalue weighted by Crippen LogP contribution is -2.24. The summed E-state index contributed by atoms with van der Waals surface area (Å²) < 4.78 is 24.2. The van der Waals surface area contributed by atoms with Gasteiger partial charge in [-0.05, 0) is 35.9 Å². The van der Waals surface area contributed by atoms with Crippen LogP contribution in [0.4, 0.5) is 5.69 Å². The fourth-order valence-corrected chi connectivity index (χ4v) is 3.60. The van der Waals surface area contributed by atoms with Crippen LogP contribution in [-0.4, -0.2) is 20.1 Å². The lowest BCUT2D eigenvalue weighted by molar-refractivity contribution is -0.113. The number of benzene rings is 2. The van der Waals surface area contributed by atoms with Gasteiger partial charge in [-0.25, -0.2) is 8.42 Å². The number of halogens is 3. The highest BCUT2D eigenvalue weighted by molar-refractivity contribution is 7.91. The van der Waals surface area contributed by atoms with Gasteiger partial charge in [0.25, 0.3) is 0 Å². The lowest BCUT2D eigenvalue weighted by atomic mass is 10.2. The first kappa shape index (κ1) is 18.1. The quantitative estimate of drug-likeness (QED) is 0.829. The van der Waals surface area contributed by atoms with Gasteiger partial charge in [-0.1, -0.05) is 46.9 Å². The highest BCUT2D eigenvalue weighted by Gasteiger charge is 2.18. The van der Waals surface area contributed by atoms with Crippen molar-refractivity contribution in [1.82, 2.24) is 0 Å². The van der Waals surface area contributed by atoms with E-state index in [0.29, 0.717) is 15.6 Å². The van der Waals surface area contributed by atoms with E-state index in [1.807, 2.05) is 0 Å². The average Bonchev–Trinajstić information content (AvgIpc) is 2.44. The van der Waals surface area contributed by atoms with Crippen molar-refractivity contribution in [3.8, 4) is 0 Å². The van der Waals surface area contributed by atoms with Gasteiger partial charge in [0.05, 0.1) is 16.5 Å². The number of rotatable bonds is 5. The zero-order chi connectivity index (χ0) is 17.0. The van der Waals surface area contributed by atoms with Crippen molar-refractivity contribution < 1.29 is 13.2 Å². The summed E-state index contributed by atoms with van der Waals surface area (Å²) in [7, 11) is -3.62. The normalized spacial score (nSPS) is 11.3. The summed E-state index contributed by atoms with van der Waals surface area (Å²) in [6.45, 7) is 0. The van der Waals surface area contributed by atoms with E-state index in [2.05, 4.69) is 5.32 Å². The van der Waals surface area contributed by atoms with Gasteiger partial charge in [-0.3, -0.25) is 4.79 Å². The number of carbonyl (C=O) groups excluding carboxylic acids is 1. The molecule has 0 saturated carbocycles. The molecular formula is C15H12Cl3NO3S. The van der Waals surface area contributed by atoms with Gasteiger partial charge < -0.3 is 5.32 Å². The van der Waals surface area contributed by atoms with E-state index >= 15 is 0 Å². The van der Waals surface area contributed by atoms with Crippen molar-refractivity contribution in [3.63, 3.8) is 0 Å². The first-order valence-electron chi connectivity index (χ1n) is 6.45. The molecule has 1 amide bonds. The van der Waals surface area contributed by atoms with Crippen LogP contribution in [0.3, 0.4) is 0 Å². The Morgan fingerprint density at radius 3 is 2.22 bits per heavy atom. The molecule has 0 spiro atoms. The molecule has 0 saturated heterocycles. The second-order valence-corrected chi connectivity index (χ2v) is 8.18. The number of carbonyl (C=O) groups is 1. The van der Waals surface area contributed by atoms with Crippen molar-refractivity contribution in [2.24, 2.45) is 0 Å². The summed E-state index contributed by atoms with van der Waals surface area (Å²) in [5.74, 6) is -1.58. The van der Waals surface area contributed by atoms with Crippen LogP contribution in [-0.2, 0) is 20.4 Å². The van der Waals surface area contributed by atoms with Crippen molar-refractivity contribution in [1.29, 1.82) is 0 Å². The SMILES string of the molecule is O=C(CS(=O)(=O)Cc1ccc(Cl)cc1)Nc1cc(Cl)ccc1Cl. The third-order valence-electron chi connectivity index (χ3n) is 2.85. The Balaban J connectivity index is 2.03. The van der Waals surface area contributed by atoms with Crippen molar-refractivity contribution in [2.45, 2.75) is 5.75 Å². The molecule has 0 aliphatic heterocycles. The van der Waals surface area contributed by atoms with E-state index in [1.54, 1.807) is 30.3 Å². The largest absolute Gasteiger partial charge is 0.324 e. The number of hydrogen-bond acceptors (Lipinski definition) is 3. The van der Waals surface area contributed by atoms with Gasteiger partial charge in [0.1, 0.15) is 5.75 Å². The third-order valence-corrected chi connectivity index (χ3v) is 5.15. The Hall–Kier alpha value is -1.27. The highest BCUT2D eigenvalue weighted by atomic mass is 35.5. The molecule has 0 aliphatic carbocycles. The first-order valence-corrected chi connectivity index (χ1v) is 9.40. The zero-order valence-electron chi connectivity index (χ0n) is 11.7. The molecule has 2 aromatic rings. The summed E-state index contributed by atoms with van der Waals surface area (Å²) in [6, 6.07) is 10.9. The Morgan fingerprint density at radius 1 is 0.957 bits per heavy atom. The fraction of sp³-hybridized carbons (Fsp3) is 0.133. The summed E-state index contributed by atoms with van der Waals surface area (Å²) in [6.07, 6.45) is 0. The molecular weight excluding hydrogens is 381 g/mol. The predicted octanol–water partition coefficient (Wildman–Crippen LogP) is 4.20. The molecule has 0 radical (unpaired) electrons. The maximum atomic E-state index is 12.1. The van der Waals surface area contributed by atoms with Crippen LogP contribution in [0.15, 0.2) is 42.5 Å². The molecule has 2 rings (SSSR count). The van der Waals surface area contributed by atoms with E-state index in [4.69, 9.17) is 34.8 Å². The van der Waals surface area contributed by atoms with E-state index in [0.717, 1.165) is 0 Å². The number of amides is 1. The van der Waals surface area contributed by atoms with Gasteiger partial charge >= 0.3 is 0 Å². The Morgan fingerprint density at radius 2 is 1.57 bits per heavy atom. The molecule has 0 fully saturated rings. The third kappa shape index (κ3) is 5.70. The molecule has 0 heterocycles. The minimum Gasteiger partial charge on any atom is -0.324 e. The lowest BCUT2D eigenvalue weighted by Gasteiger charge is -2.08. The number of sulfone groups is 1. The maximum absolute atomic E-state index is 12.1. The van der Waals surface area contributed by atoms with Crippen LogP contribution in [0.1, 0.15) is 5.56 Å². The maximum Gasteiger partial charge on any atom is 0.239 e. The fourth-order valence-electron chi connectivity index (χ4n) is 1.86. The van der Waals surface area contributed by atoms with Crippen LogP contribution in [0.25, 0.3) is 0 Å². The molecule has 0 bridgehead atoms. The molecule has 2 aromatic carbocycles. The molecule has 8 heteroatoms. The standard InChI is InChI=1S/C15H12Cl3NO3S/c16-11-3-1-10(2-4-11)8-23(21,22)9-15(20)19-14-7-12(17)5-6-13(14)18/h1-7H,8-9H2,(H,19,20). The van der Waals surface area contributed by atoms with Gasteiger partial charge in [-0.2, -0.15) is 0 Å². The Bertz CT molecular complexity index is 820. The molecule has 122 valence electrons. The summed E-state index contributed by atoms with van der Waals surface area (Å²) in [5.41, 5.74) is 0.828. The highest BCUT2D eigenvalue weighted by Crippen LogP contribution is 2.25. The molecule has 0 aliphatic rings. The first-order chi connectivity index (χ1) is 10.7. The van der Waals surface area contributed by atoms with Gasteiger partial charge in [0.2, 0.25) is 5.91 Å². The molecule has 0 unspecified atom stereocenters. The van der Waals surface area contributed by atoms with Crippen molar-refractivity contribution in [3.05, 3.63) is 63.1 Å². The van der Waals surface area contributed by atoms with Gasteiger partial charge in [0, 0.05) is 10.0 Å². The monoisotopic (exact) mass is 391 g/mol. The second kappa shape index (κ2) is 7.53. The summed E-state index contributed by atoms with van der Waals surface area (Å²) in [4.78, 5) is 11.9. The average molecular weight is 393 g/mol. The van der Waals surface area contributed by atoms with E-state index in [-0.39, 0.29) is 16.5 Å². The van der Waals surface area contributed by atoms with Gasteiger partial charge in [-0.15, -0.1) is 0 Å². The number of anilines is 1. The second-order valence-electron chi connectivity index (χ2n) is 4.83. The Labute approximate surface area is 149 Å². The molecule has 23 heavy (non-hydrogen) atoms. The summed E-state index contributed by atoms with van der Waals surface area (Å²) in [5, 5.41) is 3.62. The number of hydrogen-bond donors (Lipinski definition) is 1. The smallest absolute Gasteiger partial charge is 0.239 e.